The topological polar surface area (TPSA) is 92.4 Å². The molecule has 0 saturated carbocycles. The monoisotopic (exact) mass is 224 g/mol. The largest absolute Gasteiger partial charge is 0.476 e. The van der Waals surface area contributed by atoms with Gasteiger partial charge in [-0.2, -0.15) is 13.2 Å². The number of carboxylic acids is 1. The molecule has 0 aliphatic heterocycles. The number of halogens is 3. The van der Waals surface area contributed by atoms with Gasteiger partial charge in [-0.25, -0.2) is 9.78 Å². The minimum atomic E-state index is -5.12. The number of anilines is 1. The summed E-state index contributed by atoms with van der Waals surface area (Å²) in [5, 5.41) is 9.65. The summed E-state index contributed by atoms with van der Waals surface area (Å²) in [6.07, 6.45) is -4.52. The van der Waals surface area contributed by atoms with Crippen molar-refractivity contribution in [3.05, 3.63) is 12.1 Å². The van der Waals surface area contributed by atoms with Crippen LogP contribution in [0.2, 0.25) is 0 Å². The zero-order valence-corrected chi connectivity index (χ0v) is 6.83. The zero-order valence-electron chi connectivity index (χ0n) is 6.83. The maximum Gasteiger partial charge on any atom is 0.471 e. The normalized spacial score (nSPS) is 11.1. The van der Waals surface area contributed by atoms with Crippen LogP contribution >= 0.6 is 0 Å². The Hall–Kier alpha value is -2.06. The van der Waals surface area contributed by atoms with E-state index in [1.165, 1.54) is 5.32 Å². The van der Waals surface area contributed by atoms with Gasteiger partial charge < -0.3 is 9.52 Å². The first kappa shape index (κ1) is 11.0. The Kier molecular flexibility index (Phi) is 2.64. The molecule has 0 saturated heterocycles. The second-order valence-electron chi connectivity index (χ2n) is 2.29. The number of rotatable bonds is 2. The van der Waals surface area contributed by atoms with Gasteiger partial charge in [-0.3, -0.25) is 10.1 Å². The van der Waals surface area contributed by atoms with Crippen LogP contribution < -0.4 is 5.32 Å². The van der Waals surface area contributed by atoms with Crippen LogP contribution in [0, 0.1) is 0 Å². The van der Waals surface area contributed by atoms with E-state index in [-0.39, 0.29) is 0 Å². The number of carboxylic acid groups (broad SMARTS) is 1. The molecule has 82 valence electrons. The highest BCUT2D eigenvalue weighted by molar-refractivity contribution is 5.99. The van der Waals surface area contributed by atoms with Gasteiger partial charge in [-0.15, -0.1) is 0 Å². The lowest BCUT2D eigenvalue weighted by Gasteiger charge is -2.04. The van der Waals surface area contributed by atoms with E-state index in [1.807, 2.05) is 0 Å². The third-order valence-electron chi connectivity index (χ3n) is 1.25. The molecule has 2 N–H and O–H groups in total. The molecule has 1 heterocycles. The fraction of sp³-hybridized carbons (Fsp3) is 0.167. The zero-order chi connectivity index (χ0) is 11.6. The lowest BCUT2D eigenvalue weighted by Crippen LogP contribution is -2.30. The number of hydrogen-bond donors (Lipinski definition) is 2. The van der Waals surface area contributed by atoms with Gasteiger partial charge in [0.15, 0.2) is 6.39 Å². The third kappa shape index (κ3) is 2.45. The Bertz CT molecular complexity index is 397. The molecule has 9 heteroatoms. The molecule has 0 aliphatic rings. The van der Waals surface area contributed by atoms with Crippen LogP contribution in [0.5, 0.6) is 0 Å². The van der Waals surface area contributed by atoms with Gasteiger partial charge >= 0.3 is 18.1 Å². The van der Waals surface area contributed by atoms with Crippen LogP contribution in [0.25, 0.3) is 0 Å². The second kappa shape index (κ2) is 3.59. The van der Waals surface area contributed by atoms with E-state index in [9.17, 15) is 22.8 Å². The van der Waals surface area contributed by atoms with Crippen molar-refractivity contribution in [2.75, 3.05) is 5.32 Å². The van der Waals surface area contributed by atoms with E-state index in [2.05, 4.69) is 9.40 Å². The Morgan fingerprint density at radius 3 is 2.53 bits per heavy atom. The first-order chi connectivity index (χ1) is 6.82. The maximum absolute atomic E-state index is 11.8. The molecule has 0 bridgehead atoms. The molecule has 0 unspecified atom stereocenters. The molecular formula is C6H3F3N2O4. The van der Waals surface area contributed by atoms with Crippen LogP contribution in [0.3, 0.4) is 0 Å². The van der Waals surface area contributed by atoms with Gasteiger partial charge in [0.1, 0.15) is 0 Å². The minimum Gasteiger partial charge on any atom is -0.476 e. The lowest BCUT2D eigenvalue weighted by molar-refractivity contribution is -0.167. The number of alkyl halides is 3. The van der Waals surface area contributed by atoms with Crippen LogP contribution in [-0.4, -0.2) is 28.1 Å². The van der Waals surface area contributed by atoms with E-state index in [1.54, 1.807) is 0 Å². The molecule has 1 rings (SSSR count). The van der Waals surface area contributed by atoms with Crippen LogP contribution in [0.1, 0.15) is 10.5 Å². The van der Waals surface area contributed by atoms with Crippen molar-refractivity contribution in [3.63, 3.8) is 0 Å². The van der Waals surface area contributed by atoms with E-state index in [4.69, 9.17) is 5.11 Å². The smallest absolute Gasteiger partial charge is 0.471 e. The lowest BCUT2D eigenvalue weighted by atomic mass is 10.4. The average Bonchev–Trinajstić information content (AvgIpc) is 2.50. The van der Waals surface area contributed by atoms with Crippen LogP contribution in [0.15, 0.2) is 10.8 Å². The Labute approximate surface area is 79.7 Å². The number of amides is 1. The molecule has 0 fully saturated rings. The standard InChI is InChI=1S/C6H3F3N2O4/c7-6(8,9)5(14)11-3-2(4(12)13)10-1-15-3/h1H,(H,11,14)(H,12,13). The number of aromatic nitrogens is 1. The van der Waals surface area contributed by atoms with Crippen molar-refractivity contribution < 1.29 is 32.3 Å². The maximum atomic E-state index is 11.8. The Balaban J connectivity index is 2.86. The molecule has 0 atom stereocenters. The van der Waals surface area contributed by atoms with Crippen molar-refractivity contribution >= 4 is 17.8 Å². The van der Waals surface area contributed by atoms with Gasteiger partial charge in [0.05, 0.1) is 0 Å². The summed E-state index contributed by atoms with van der Waals surface area (Å²) in [6.45, 7) is 0. The molecule has 15 heavy (non-hydrogen) atoms. The molecular weight excluding hydrogens is 221 g/mol. The van der Waals surface area contributed by atoms with Crippen molar-refractivity contribution in [1.82, 2.24) is 4.98 Å². The Morgan fingerprint density at radius 1 is 1.47 bits per heavy atom. The molecule has 1 aromatic heterocycles. The molecule has 0 spiro atoms. The summed E-state index contributed by atoms with van der Waals surface area (Å²) in [5.74, 6) is -4.80. The van der Waals surface area contributed by atoms with E-state index in [0.29, 0.717) is 6.39 Å². The fourth-order valence-corrected chi connectivity index (χ4v) is 0.661. The van der Waals surface area contributed by atoms with Crippen molar-refractivity contribution in [1.29, 1.82) is 0 Å². The molecule has 0 radical (unpaired) electrons. The summed E-state index contributed by atoms with van der Waals surface area (Å²) in [4.78, 5) is 23.9. The first-order valence-corrected chi connectivity index (χ1v) is 3.37. The molecule has 0 aromatic carbocycles. The fourth-order valence-electron chi connectivity index (χ4n) is 0.661. The molecule has 1 aromatic rings. The summed E-state index contributed by atoms with van der Waals surface area (Å²) in [5.41, 5.74) is -0.799. The number of oxazole rings is 1. The van der Waals surface area contributed by atoms with Crippen LogP contribution in [0.4, 0.5) is 19.1 Å². The van der Waals surface area contributed by atoms with Crippen molar-refractivity contribution in [2.45, 2.75) is 6.18 Å². The van der Waals surface area contributed by atoms with E-state index < -0.39 is 29.6 Å². The summed E-state index contributed by atoms with van der Waals surface area (Å²) < 4.78 is 39.5. The van der Waals surface area contributed by atoms with Gasteiger partial charge in [0.25, 0.3) is 0 Å². The average molecular weight is 224 g/mol. The van der Waals surface area contributed by atoms with Gasteiger partial charge in [0, 0.05) is 0 Å². The first-order valence-electron chi connectivity index (χ1n) is 3.37. The van der Waals surface area contributed by atoms with Crippen molar-refractivity contribution in [3.8, 4) is 0 Å². The van der Waals surface area contributed by atoms with Gasteiger partial charge in [0.2, 0.25) is 11.6 Å². The number of hydrogen-bond acceptors (Lipinski definition) is 4. The SMILES string of the molecule is O=C(O)c1ncoc1NC(=O)C(F)(F)F. The summed E-state index contributed by atoms with van der Waals surface area (Å²) in [6, 6.07) is 0. The highest BCUT2D eigenvalue weighted by Crippen LogP contribution is 2.20. The van der Waals surface area contributed by atoms with E-state index >= 15 is 0 Å². The quantitative estimate of drug-likeness (QED) is 0.777. The predicted molar refractivity (Wildman–Crippen MR) is 38.1 cm³/mol. The number of carbonyl (C=O) groups is 2. The second-order valence-corrected chi connectivity index (χ2v) is 2.29. The number of nitrogens with zero attached hydrogens (tertiary/aromatic N) is 1. The van der Waals surface area contributed by atoms with E-state index in [0.717, 1.165) is 0 Å². The molecule has 6 nitrogen and oxygen atoms in total. The van der Waals surface area contributed by atoms with Crippen molar-refractivity contribution in [2.24, 2.45) is 0 Å². The Morgan fingerprint density at radius 2 is 2.07 bits per heavy atom. The van der Waals surface area contributed by atoms with Gasteiger partial charge in [-0.1, -0.05) is 0 Å². The predicted octanol–water partition coefficient (Wildman–Crippen LogP) is 0.874. The number of aromatic carboxylic acids is 1. The summed E-state index contributed by atoms with van der Waals surface area (Å²) >= 11 is 0. The third-order valence-corrected chi connectivity index (χ3v) is 1.25. The van der Waals surface area contributed by atoms with Crippen LogP contribution in [-0.2, 0) is 4.79 Å². The highest BCUT2D eigenvalue weighted by Gasteiger charge is 2.40. The number of carbonyl (C=O) groups excluding carboxylic acids is 1. The minimum absolute atomic E-state index is 0.607. The highest BCUT2D eigenvalue weighted by atomic mass is 19.4. The summed E-state index contributed by atoms with van der Waals surface area (Å²) in [7, 11) is 0. The molecule has 1 amide bonds. The molecule has 0 aliphatic carbocycles. The number of nitrogens with one attached hydrogen (secondary N) is 1. The van der Waals surface area contributed by atoms with Gasteiger partial charge in [-0.05, 0) is 0 Å².